The minimum Gasteiger partial charge on any atom is -0.271 e. The molecule has 0 bridgehead atoms. The van der Waals surface area contributed by atoms with Gasteiger partial charge in [0, 0.05) is 22.7 Å². The van der Waals surface area contributed by atoms with Gasteiger partial charge in [0.15, 0.2) is 0 Å². The number of hydrogen-bond donors (Lipinski definition) is 2. The Balaban J connectivity index is 2.03. The van der Waals surface area contributed by atoms with Crippen molar-refractivity contribution in [3.8, 4) is 0 Å². The molecule has 0 radical (unpaired) electrons. The third-order valence-electron chi connectivity index (χ3n) is 3.99. The molecule has 21 heavy (non-hydrogen) atoms. The largest absolute Gasteiger partial charge is 0.271 e. The van der Waals surface area contributed by atoms with Crippen LogP contribution in [0.5, 0.6) is 0 Å². The smallest absolute Gasteiger partial charge is 0.211 e. The zero-order valence-electron chi connectivity index (χ0n) is 12.1. The predicted molar refractivity (Wildman–Crippen MR) is 93.0 cm³/mol. The zero-order valence-corrected chi connectivity index (χ0v) is 15.1. The predicted octanol–water partition coefficient (Wildman–Crippen LogP) is 1.86. The quantitative estimate of drug-likeness (QED) is 0.431. The molecule has 0 saturated carbocycles. The summed E-state index contributed by atoms with van der Waals surface area (Å²) in [5, 5.41) is 0. The molecule has 1 aliphatic heterocycles. The summed E-state index contributed by atoms with van der Waals surface area (Å²) >= 11 is 2.27. The fourth-order valence-electron chi connectivity index (χ4n) is 2.85. The molecule has 1 aromatic carbocycles. The van der Waals surface area contributed by atoms with Crippen LogP contribution in [0, 0.1) is 9.49 Å². The van der Waals surface area contributed by atoms with Gasteiger partial charge in [-0.1, -0.05) is 12.1 Å². The van der Waals surface area contributed by atoms with E-state index in [4.69, 9.17) is 5.84 Å². The number of hydrogen-bond acceptors (Lipinski definition) is 4. The molecule has 1 aliphatic rings. The molecular weight excluding hydrogens is 401 g/mol. The fraction of sp³-hybridized carbons (Fsp3) is 0.571. The topological polar surface area (TPSA) is 75.4 Å². The Kier molecular flexibility index (Phi) is 6.01. The summed E-state index contributed by atoms with van der Waals surface area (Å²) in [7, 11) is -3.09. The van der Waals surface area contributed by atoms with Crippen molar-refractivity contribution >= 4 is 32.6 Å². The van der Waals surface area contributed by atoms with Gasteiger partial charge < -0.3 is 0 Å². The second-order valence-electron chi connectivity index (χ2n) is 5.64. The number of nitrogens with one attached hydrogen (secondary N) is 1. The van der Waals surface area contributed by atoms with Crippen molar-refractivity contribution in [3.05, 3.63) is 33.4 Å². The third kappa shape index (κ3) is 4.88. The van der Waals surface area contributed by atoms with Crippen molar-refractivity contribution in [2.24, 2.45) is 11.8 Å². The Hall–Kier alpha value is -0.220. The Morgan fingerprint density at radius 2 is 2.10 bits per heavy atom. The lowest BCUT2D eigenvalue weighted by atomic mass is 9.90. The molecule has 0 aliphatic carbocycles. The maximum absolute atomic E-state index is 11.7. The monoisotopic (exact) mass is 423 g/mol. The van der Waals surface area contributed by atoms with E-state index in [1.165, 1.54) is 9.83 Å². The third-order valence-corrected chi connectivity index (χ3v) is 5.98. The number of sulfonamides is 1. The standard InChI is InChI=1S/C14H22IN3O2S/c1-21(19,20)18-8-2-3-11(10-18)9-14(17-16)12-4-6-13(15)7-5-12/h4-7,11,14,17H,2-3,8-10,16H2,1H3. The van der Waals surface area contributed by atoms with Crippen LogP contribution < -0.4 is 11.3 Å². The number of rotatable bonds is 5. The first-order valence-corrected chi connectivity index (χ1v) is 9.99. The number of halogens is 1. The maximum Gasteiger partial charge on any atom is 0.211 e. The van der Waals surface area contributed by atoms with Gasteiger partial charge in [0.05, 0.1) is 6.26 Å². The van der Waals surface area contributed by atoms with Crippen molar-refractivity contribution in [1.29, 1.82) is 0 Å². The molecule has 1 aromatic rings. The summed E-state index contributed by atoms with van der Waals surface area (Å²) < 4.78 is 26.1. The van der Waals surface area contributed by atoms with Gasteiger partial charge in [-0.25, -0.2) is 12.7 Å². The SMILES string of the molecule is CS(=O)(=O)N1CCCC(CC(NN)c2ccc(I)cc2)C1. The van der Waals surface area contributed by atoms with E-state index in [2.05, 4.69) is 52.3 Å². The average molecular weight is 423 g/mol. The molecule has 7 heteroatoms. The lowest BCUT2D eigenvalue weighted by Gasteiger charge is -2.33. The second kappa shape index (κ2) is 7.36. The molecule has 2 atom stereocenters. The summed E-state index contributed by atoms with van der Waals surface area (Å²) in [4.78, 5) is 0. The Morgan fingerprint density at radius 1 is 1.43 bits per heavy atom. The highest BCUT2D eigenvalue weighted by Crippen LogP contribution is 2.28. The first kappa shape index (κ1) is 17.1. The van der Waals surface area contributed by atoms with Gasteiger partial charge in [-0.05, 0) is 65.5 Å². The molecule has 5 nitrogen and oxygen atoms in total. The van der Waals surface area contributed by atoms with Crippen LogP contribution in [0.15, 0.2) is 24.3 Å². The van der Waals surface area contributed by atoms with E-state index in [1.54, 1.807) is 4.31 Å². The number of nitrogens with zero attached hydrogens (tertiary/aromatic N) is 1. The van der Waals surface area contributed by atoms with Crippen LogP contribution in [-0.4, -0.2) is 32.1 Å². The van der Waals surface area contributed by atoms with Crippen LogP contribution in [0.2, 0.25) is 0 Å². The van der Waals surface area contributed by atoms with E-state index in [9.17, 15) is 8.42 Å². The van der Waals surface area contributed by atoms with Gasteiger partial charge in [-0.3, -0.25) is 11.3 Å². The van der Waals surface area contributed by atoms with E-state index in [-0.39, 0.29) is 6.04 Å². The highest BCUT2D eigenvalue weighted by Gasteiger charge is 2.27. The fourth-order valence-corrected chi connectivity index (χ4v) is 4.15. The van der Waals surface area contributed by atoms with Crippen molar-refractivity contribution in [2.45, 2.75) is 25.3 Å². The van der Waals surface area contributed by atoms with Gasteiger partial charge in [0.1, 0.15) is 0 Å². The Bertz CT molecular complexity index is 562. The molecule has 0 aromatic heterocycles. The number of benzene rings is 1. The van der Waals surface area contributed by atoms with Crippen LogP contribution in [0.25, 0.3) is 0 Å². The van der Waals surface area contributed by atoms with Gasteiger partial charge in [0.2, 0.25) is 10.0 Å². The summed E-state index contributed by atoms with van der Waals surface area (Å²) in [6.07, 6.45) is 4.10. The minimum absolute atomic E-state index is 0.0616. The summed E-state index contributed by atoms with van der Waals surface area (Å²) in [5.41, 5.74) is 4.02. The van der Waals surface area contributed by atoms with Gasteiger partial charge in [0.25, 0.3) is 0 Å². The van der Waals surface area contributed by atoms with Crippen molar-refractivity contribution < 1.29 is 8.42 Å². The maximum atomic E-state index is 11.7. The molecule has 118 valence electrons. The molecule has 0 spiro atoms. The molecule has 1 saturated heterocycles. The van der Waals surface area contributed by atoms with Crippen LogP contribution in [0.1, 0.15) is 30.9 Å². The van der Waals surface area contributed by atoms with Crippen molar-refractivity contribution in [2.75, 3.05) is 19.3 Å². The molecule has 2 unspecified atom stereocenters. The number of nitrogens with two attached hydrogens (primary N) is 1. The Morgan fingerprint density at radius 3 is 2.67 bits per heavy atom. The second-order valence-corrected chi connectivity index (χ2v) is 8.86. The molecule has 0 amide bonds. The van der Waals surface area contributed by atoms with Gasteiger partial charge in [-0.15, -0.1) is 0 Å². The first-order valence-electron chi connectivity index (χ1n) is 7.07. The molecular formula is C14H22IN3O2S. The minimum atomic E-state index is -3.09. The number of piperidine rings is 1. The van der Waals surface area contributed by atoms with Crippen LogP contribution in [0.4, 0.5) is 0 Å². The zero-order chi connectivity index (χ0) is 15.5. The van der Waals surface area contributed by atoms with E-state index < -0.39 is 10.0 Å². The molecule has 1 fully saturated rings. The normalized spacial score (nSPS) is 22.1. The van der Waals surface area contributed by atoms with Crippen LogP contribution >= 0.6 is 22.6 Å². The van der Waals surface area contributed by atoms with Crippen molar-refractivity contribution in [3.63, 3.8) is 0 Å². The molecule has 3 N–H and O–H groups in total. The first-order chi connectivity index (χ1) is 9.90. The van der Waals surface area contributed by atoms with Gasteiger partial charge in [-0.2, -0.15) is 0 Å². The molecule has 1 heterocycles. The van der Waals surface area contributed by atoms with E-state index >= 15 is 0 Å². The van der Waals surface area contributed by atoms with Crippen molar-refractivity contribution in [1.82, 2.24) is 9.73 Å². The average Bonchev–Trinajstić information content (AvgIpc) is 2.45. The summed E-state index contributed by atoms with van der Waals surface area (Å²) in [6, 6.07) is 8.33. The summed E-state index contributed by atoms with van der Waals surface area (Å²) in [6.45, 7) is 1.24. The summed E-state index contributed by atoms with van der Waals surface area (Å²) in [5.74, 6) is 6.04. The van der Waals surface area contributed by atoms with Crippen LogP contribution in [-0.2, 0) is 10.0 Å². The highest BCUT2D eigenvalue weighted by molar-refractivity contribution is 14.1. The Labute approximate surface area is 140 Å². The number of hydrazine groups is 1. The lowest BCUT2D eigenvalue weighted by Crippen LogP contribution is -2.41. The van der Waals surface area contributed by atoms with E-state index in [1.807, 2.05) is 0 Å². The highest BCUT2D eigenvalue weighted by atomic mass is 127. The van der Waals surface area contributed by atoms with E-state index in [0.717, 1.165) is 24.8 Å². The van der Waals surface area contributed by atoms with Gasteiger partial charge >= 0.3 is 0 Å². The van der Waals surface area contributed by atoms with E-state index in [0.29, 0.717) is 19.0 Å². The lowest BCUT2D eigenvalue weighted by molar-refractivity contribution is 0.238. The van der Waals surface area contributed by atoms with Crippen LogP contribution in [0.3, 0.4) is 0 Å². The molecule has 2 rings (SSSR count).